The first-order valence-corrected chi connectivity index (χ1v) is 11.6. The van der Waals surface area contributed by atoms with Gasteiger partial charge in [-0.15, -0.1) is 0 Å². The maximum Gasteiger partial charge on any atom is 0.415 e. The molecule has 7 nitrogen and oxygen atoms in total. The van der Waals surface area contributed by atoms with Crippen molar-refractivity contribution in [1.29, 1.82) is 0 Å². The molecule has 2 saturated heterocycles. The fraction of sp³-hybridized carbons (Fsp3) is 0.346. The Morgan fingerprint density at radius 2 is 1.91 bits per heavy atom. The van der Waals surface area contributed by atoms with Gasteiger partial charge < -0.3 is 14.2 Å². The van der Waals surface area contributed by atoms with Crippen molar-refractivity contribution in [3.05, 3.63) is 83.7 Å². The average molecular weight is 463 g/mol. The molecule has 0 aliphatic carbocycles. The number of hydrogen-bond acceptors (Lipinski definition) is 4. The zero-order chi connectivity index (χ0) is 23.7. The molecule has 2 aromatic carbocycles. The van der Waals surface area contributed by atoms with Crippen LogP contribution in [-0.4, -0.2) is 51.7 Å². The van der Waals surface area contributed by atoms with E-state index in [-0.39, 0.29) is 11.7 Å². The van der Waals surface area contributed by atoms with Crippen LogP contribution < -0.4 is 4.90 Å². The number of nitrogens with zero attached hydrogens (tertiary/aromatic N) is 4. The standard InChI is InChI=1S/C26H27FN4O3/c1-19-28-13-16-30(19)17-20-5-2-3-6-23(20)24(32)29-14-4-11-26(12-15-29)18-31(25(33)34-26)22-9-7-21(27)8-10-22/h2-3,5-10,13,16H,4,11-12,14-15,17-18H2,1H3. The smallest absolute Gasteiger partial charge is 0.415 e. The highest BCUT2D eigenvalue weighted by molar-refractivity contribution is 5.96. The first-order valence-electron chi connectivity index (χ1n) is 11.6. The van der Waals surface area contributed by atoms with Crippen molar-refractivity contribution in [1.82, 2.24) is 14.5 Å². The lowest BCUT2D eigenvalue weighted by Crippen LogP contribution is -2.37. The summed E-state index contributed by atoms with van der Waals surface area (Å²) >= 11 is 0. The van der Waals surface area contributed by atoms with Crippen molar-refractivity contribution in [3.63, 3.8) is 0 Å². The number of benzene rings is 2. The number of halogens is 1. The molecule has 1 spiro atoms. The summed E-state index contributed by atoms with van der Waals surface area (Å²) in [4.78, 5) is 33.8. The van der Waals surface area contributed by atoms with Crippen LogP contribution >= 0.6 is 0 Å². The van der Waals surface area contributed by atoms with Crippen LogP contribution in [0.4, 0.5) is 14.9 Å². The van der Waals surface area contributed by atoms with Crippen LogP contribution in [0.15, 0.2) is 60.9 Å². The third-order valence-electron chi connectivity index (χ3n) is 6.81. The van der Waals surface area contributed by atoms with Crippen LogP contribution in [0.2, 0.25) is 0 Å². The van der Waals surface area contributed by atoms with Gasteiger partial charge in [-0.2, -0.15) is 0 Å². The number of amides is 2. The van der Waals surface area contributed by atoms with E-state index in [4.69, 9.17) is 4.74 Å². The van der Waals surface area contributed by atoms with Gasteiger partial charge in [0.05, 0.1) is 6.54 Å². The van der Waals surface area contributed by atoms with Crippen LogP contribution in [0, 0.1) is 12.7 Å². The monoisotopic (exact) mass is 462 g/mol. The van der Waals surface area contributed by atoms with E-state index in [1.54, 1.807) is 23.2 Å². The SMILES string of the molecule is Cc1nccn1Cc1ccccc1C(=O)N1CCCC2(CC1)CN(c1ccc(F)cc1)C(=O)O2. The number of rotatable bonds is 4. The van der Waals surface area contributed by atoms with Crippen molar-refractivity contribution in [2.75, 3.05) is 24.5 Å². The number of hydrogen-bond donors (Lipinski definition) is 0. The predicted molar refractivity (Wildman–Crippen MR) is 125 cm³/mol. The van der Waals surface area contributed by atoms with Gasteiger partial charge >= 0.3 is 6.09 Å². The Morgan fingerprint density at radius 3 is 2.68 bits per heavy atom. The van der Waals surface area contributed by atoms with E-state index in [9.17, 15) is 14.0 Å². The highest BCUT2D eigenvalue weighted by Gasteiger charge is 2.46. The first-order chi connectivity index (χ1) is 16.4. The third-order valence-corrected chi connectivity index (χ3v) is 6.81. The number of imidazole rings is 1. The number of aryl methyl sites for hydroxylation is 1. The second-order valence-corrected chi connectivity index (χ2v) is 9.02. The molecule has 5 rings (SSSR count). The van der Waals surface area contributed by atoms with Crippen molar-refractivity contribution in [2.45, 2.75) is 38.3 Å². The van der Waals surface area contributed by atoms with Gasteiger partial charge in [-0.25, -0.2) is 14.2 Å². The van der Waals surface area contributed by atoms with Gasteiger partial charge in [-0.1, -0.05) is 18.2 Å². The number of aromatic nitrogens is 2. The van der Waals surface area contributed by atoms with Gasteiger partial charge in [-0.05, 0) is 55.7 Å². The van der Waals surface area contributed by atoms with E-state index in [0.29, 0.717) is 50.3 Å². The molecule has 2 amide bonds. The number of likely N-dealkylation sites (tertiary alicyclic amines) is 1. The minimum Gasteiger partial charge on any atom is -0.441 e. The van der Waals surface area contributed by atoms with E-state index in [2.05, 4.69) is 4.98 Å². The molecular formula is C26H27FN4O3. The summed E-state index contributed by atoms with van der Waals surface area (Å²) < 4.78 is 21.2. The molecule has 3 heterocycles. The van der Waals surface area contributed by atoms with Crippen LogP contribution in [-0.2, 0) is 11.3 Å². The summed E-state index contributed by atoms with van der Waals surface area (Å²) in [5, 5.41) is 0. The molecule has 1 atom stereocenters. The minimum absolute atomic E-state index is 0.00914. The predicted octanol–water partition coefficient (Wildman–Crippen LogP) is 4.40. The van der Waals surface area contributed by atoms with Crippen LogP contribution in [0.3, 0.4) is 0 Å². The van der Waals surface area contributed by atoms with E-state index < -0.39 is 11.7 Å². The highest BCUT2D eigenvalue weighted by atomic mass is 19.1. The van der Waals surface area contributed by atoms with Gasteiger partial charge in [0, 0.05) is 49.7 Å². The van der Waals surface area contributed by atoms with E-state index in [0.717, 1.165) is 17.8 Å². The van der Waals surface area contributed by atoms with Gasteiger partial charge in [-0.3, -0.25) is 9.69 Å². The molecule has 0 saturated carbocycles. The number of carbonyl (C=O) groups is 2. The van der Waals surface area contributed by atoms with Crippen LogP contribution in [0.25, 0.3) is 0 Å². The summed E-state index contributed by atoms with van der Waals surface area (Å²) in [6, 6.07) is 13.5. The molecule has 34 heavy (non-hydrogen) atoms. The first kappa shape index (κ1) is 22.1. The topological polar surface area (TPSA) is 67.7 Å². The largest absolute Gasteiger partial charge is 0.441 e. The summed E-state index contributed by atoms with van der Waals surface area (Å²) in [6.07, 6.45) is 5.22. The Labute approximate surface area is 197 Å². The summed E-state index contributed by atoms with van der Waals surface area (Å²) in [5.74, 6) is 0.538. The fourth-order valence-corrected chi connectivity index (χ4v) is 4.87. The highest BCUT2D eigenvalue weighted by Crippen LogP contribution is 2.36. The van der Waals surface area contributed by atoms with E-state index >= 15 is 0 Å². The second-order valence-electron chi connectivity index (χ2n) is 9.02. The molecule has 8 heteroatoms. The zero-order valence-corrected chi connectivity index (χ0v) is 19.1. The van der Waals surface area contributed by atoms with Gasteiger partial charge in [0.1, 0.15) is 17.2 Å². The van der Waals surface area contributed by atoms with Crippen LogP contribution in [0.1, 0.15) is 41.0 Å². The molecule has 1 unspecified atom stereocenters. The van der Waals surface area contributed by atoms with Gasteiger partial charge in [0.25, 0.3) is 5.91 Å². The van der Waals surface area contributed by atoms with Crippen molar-refractivity contribution >= 4 is 17.7 Å². The molecule has 3 aromatic rings. The number of anilines is 1. The summed E-state index contributed by atoms with van der Waals surface area (Å²) in [7, 11) is 0. The molecule has 2 fully saturated rings. The van der Waals surface area contributed by atoms with Gasteiger partial charge in [0.15, 0.2) is 0 Å². The molecule has 0 bridgehead atoms. The van der Waals surface area contributed by atoms with E-state index in [1.165, 1.54) is 12.1 Å². The lowest BCUT2D eigenvalue weighted by Gasteiger charge is -2.26. The maximum absolute atomic E-state index is 13.5. The molecular weight excluding hydrogens is 435 g/mol. The minimum atomic E-state index is -0.645. The quantitative estimate of drug-likeness (QED) is 0.576. The summed E-state index contributed by atoms with van der Waals surface area (Å²) in [6.45, 7) is 4.03. The van der Waals surface area contributed by atoms with Crippen molar-refractivity contribution in [3.8, 4) is 0 Å². The fourth-order valence-electron chi connectivity index (χ4n) is 4.87. The Morgan fingerprint density at radius 1 is 1.12 bits per heavy atom. The number of ether oxygens (including phenoxy) is 1. The molecule has 0 N–H and O–H groups in total. The summed E-state index contributed by atoms with van der Waals surface area (Å²) in [5.41, 5.74) is 1.60. The molecule has 176 valence electrons. The molecule has 2 aliphatic heterocycles. The van der Waals surface area contributed by atoms with Crippen molar-refractivity contribution in [2.24, 2.45) is 0 Å². The lowest BCUT2D eigenvalue weighted by molar-refractivity contribution is 0.0438. The Kier molecular flexibility index (Phi) is 5.81. The maximum atomic E-state index is 13.5. The number of carbonyl (C=O) groups excluding carboxylic acids is 2. The molecule has 0 radical (unpaired) electrons. The Balaban J connectivity index is 1.30. The van der Waals surface area contributed by atoms with Crippen LogP contribution in [0.5, 0.6) is 0 Å². The normalized spacial score (nSPS) is 20.5. The lowest BCUT2D eigenvalue weighted by atomic mass is 9.95. The Hall–Kier alpha value is -3.68. The second kappa shape index (κ2) is 8.93. The van der Waals surface area contributed by atoms with Crippen molar-refractivity contribution < 1.29 is 18.7 Å². The third kappa shape index (κ3) is 4.27. The molecule has 2 aliphatic rings. The van der Waals surface area contributed by atoms with E-state index in [1.807, 2.05) is 46.9 Å². The zero-order valence-electron chi connectivity index (χ0n) is 19.1. The Bertz CT molecular complexity index is 1210. The molecule has 1 aromatic heterocycles. The average Bonchev–Trinajstić information content (AvgIpc) is 3.31. The van der Waals surface area contributed by atoms with Gasteiger partial charge in [0.2, 0.25) is 0 Å².